The van der Waals surface area contributed by atoms with Crippen LogP contribution >= 0.6 is 0 Å². The molecule has 1 rings (SSSR count). The van der Waals surface area contributed by atoms with Crippen molar-refractivity contribution in [2.24, 2.45) is 0 Å². The molecule has 0 saturated heterocycles. The number of methoxy groups -OCH3 is 1. The number of nitrogens with zero attached hydrogens (tertiary/aromatic N) is 1. The van der Waals surface area contributed by atoms with E-state index >= 15 is 0 Å². The Balaban J connectivity index is 2.81. The molecule has 0 heterocycles. The first-order valence-corrected chi connectivity index (χ1v) is 7.29. The molecule has 2 atom stereocenters. The number of hydrogen-bond acceptors (Lipinski definition) is 4. The summed E-state index contributed by atoms with van der Waals surface area (Å²) in [5.74, 6) is 0.343. The lowest BCUT2D eigenvalue weighted by Gasteiger charge is -2.27. The molecule has 0 amide bonds. The zero-order valence-electron chi connectivity index (χ0n) is 13.3. The molecule has 0 saturated carbocycles. The number of likely N-dealkylation sites (N-methyl/N-ethyl adjacent to an activating group) is 1. The number of hydrogen-bond donors (Lipinski definition) is 2. The largest absolute Gasteiger partial charge is 0.508 e. The highest BCUT2D eigenvalue weighted by atomic mass is 16.5. The van der Waals surface area contributed by atoms with Crippen LogP contribution in [0, 0.1) is 0 Å². The van der Waals surface area contributed by atoms with Crippen molar-refractivity contribution < 1.29 is 9.84 Å². The third-order valence-electron chi connectivity index (χ3n) is 3.66. The zero-order chi connectivity index (χ0) is 15.1. The minimum Gasteiger partial charge on any atom is -0.508 e. The maximum absolute atomic E-state index is 10.2. The molecule has 0 aliphatic carbocycles. The van der Waals surface area contributed by atoms with Crippen molar-refractivity contribution in [1.82, 2.24) is 5.32 Å². The smallest absolute Gasteiger partial charge is 0.122 e. The van der Waals surface area contributed by atoms with Gasteiger partial charge in [0.15, 0.2) is 0 Å². The Labute approximate surface area is 122 Å². The van der Waals surface area contributed by atoms with Gasteiger partial charge in [-0.15, -0.1) is 0 Å². The first kappa shape index (κ1) is 16.8. The third kappa shape index (κ3) is 4.39. The number of rotatable bonds is 8. The highest BCUT2D eigenvalue weighted by molar-refractivity contribution is 5.54. The maximum atomic E-state index is 10.2. The molecular formula is C16H28N2O2. The molecule has 0 spiro atoms. The van der Waals surface area contributed by atoms with Gasteiger partial charge in [-0.05, 0) is 32.9 Å². The molecule has 0 aromatic heterocycles. The summed E-state index contributed by atoms with van der Waals surface area (Å²) in [7, 11) is 3.71. The van der Waals surface area contributed by atoms with Gasteiger partial charge in [-0.1, -0.05) is 13.0 Å². The predicted molar refractivity (Wildman–Crippen MR) is 84.6 cm³/mol. The van der Waals surface area contributed by atoms with E-state index in [1.54, 1.807) is 7.11 Å². The lowest BCUT2D eigenvalue weighted by Crippen LogP contribution is -2.32. The summed E-state index contributed by atoms with van der Waals surface area (Å²) in [6, 6.07) is 6.29. The van der Waals surface area contributed by atoms with Gasteiger partial charge in [0.1, 0.15) is 5.75 Å². The van der Waals surface area contributed by atoms with E-state index in [1.807, 2.05) is 25.2 Å². The topological polar surface area (TPSA) is 44.7 Å². The average molecular weight is 280 g/mol. The van der Waals surface area contributed by atoms with Crippen LogP contribution < -0.4 is 10.2 Å². The van der Waals surface area contributed by atoms with E-state index in [1.165, 1.54) is 0 Å². The van der Waals surface area contributed by atoms with Crippen LogP contribution in [0.25, 0.3) is 0 Å². The zero-order valence-corrected chi connectivity index (χ0v) is 13.3. The van der Waals surface area contributed by atoms with Crippen LogP contribution in [0.3, 0.4) is 0 Å². The fourth-order valence-corrected chi connectivity index (χ4v) is 2.20. The highest BCUT2D eigenvalue weighted by Crippen LogP contribution is 2.29. The SMILES string of the molecule is CCCNC(C)c1ccc(N(C)C(C)COC)cc1O. The number of benzene rings is 1. The molecule has 1 aromatic carbocycles. The number of phenols is 1. The monoisotopic (exact) mass is 280 g/mol. The van der Waals surface area contributed by atoms with Gasteiger partial charge >= 0.3 is 0 Å². The van der Waals surface area contributed by atoms with Crippen molar-refractivity contribution in [2.75, 3.05) is 32.2 Å². The second-order valence-corrected chi connectivity index (χ2v) is 5.33. The van der Waals surface area contributed by atoms with Crippen LogP contribution in [-0.4, -0.2) is 38.5 Å². The summed E-state index contributed by atoms with van der Waals surface area (Å²) in [5.41, 5.74) is 1.94. The van der Waals surface area contributed by atoms with Gasteiger partial charge < -0.3 is 20.1 Å². The molecule has 20 heavy (non-hydrogen) atoms. The lowest BCUT2D eigenvalue weighted by molar-refractivity contribution is 0.183. The van der Waals surface area contributed by atoms with E-state index in [0.717, 1.165) is 24.2 Å². The molecule has 2 N–H and O–H groups in total. The number of phenolic OH excluding ortho intramolecular Hbond substituents is 1. The van der Waals surface area contributed by atoms with Gasteiger partial charge in [-0.2, -0.15) is 0 Å². The van der Waals surface area contributed by atoms with E-state index in [-0.39, 0.29) is 12.1 Å². The average Bonchev–Trinajstić information content (AvgIpc) is 2.44. The van der Waals surface area contributed by atoms with Gasteiger partial charge in [0, 0.05) is 43.6 Å². The van der Waals surface area contributed by atoms with E-state index < -0.39 is 0 Å². The summed E-state index contributed by atoms with van der Waals surface area (Å²) >= 11 is 0. The van der Waals surface area contributed by atoms with Crippen LogP contribution in [0.4, 0.5) is 5.69 Å². The normalized spacial score (nSPS) is 14.1. The Morgan fingerprint density at radius 1 is 1.35 bits per heavy atom. The second kappa shape index (κ2) is 8.12. The predicted octanol–water partition coefficient (Wildman–Crippen LogP) is 2.92. The van der Waals surface area contributed by atoms with Gasteiger partial charge in [0.25, 0.3) is 0 Å². The third-order valence-corrected chi connectivity index (χ3v) is 3.66. The van der Waals surface area contributed by atoms with Crippen molar-refractivity contribution in [3.8, 4) is 5.75 Å². The first-order valence-electron chi connectivity index (χ1n) is 7.29. The van der Waals surface area contributed by atoms with Crippen LogP contribution in [0.2, 0.25) is 0 Å². The molecule has 114 valence electrons. The number of anilines is 1. The Kier molecular flexibility index (Phi) is 6.82. The van der Waals surface area contributed by atoms with Crippen LogP contribution in [-0.2, 0) is 4.74 Å². The van der Waals surface area contributed by atoms with Crippen molar-refractivity contribution in [2.45, 2.75) is 39.3 Å². The minimum absolute atomic E-state index is 0.158. The van der Waals surface area contributed by atoms with Crippen LogP contribution in [0.1, 0.15) is 38.8 Å². The number of ether oxygens (including phenoxy) is 1. The standard InChI is InChI=1S/C16H28N2O2/c1-6-9-17-13(3)15-8-7-14(10-16(15)19)18(4)12(2)11-20-5/h7-8,10,12-13,17,19H,6,9,11H2,1-5H3. The highest BCUT2D eigenvalue weighted by Gasteiger charge is 2.14. The molecular weight excluding hydrogens is 252 g/mol. The Morgan fingerprint density at radius 3 is 2.60 bits per heavy atom. The Morgan fingerprint density at radius 2 is 2.05 bits per heavy atom. The molecule has 0 radical (unpaired) electrons. The quantitative estimate of drug-likeness (QED) is 0.768. The summed E-state index contributed by atoms with van der Waals surface area (Å²) < 4.78 is 5.17. The number of nitrogens with one attached hydrogen (secondary N) is 1. The molecule has 1 aromatic rings. The fourth-order valence-electron chi connectivity index (χ4n) is 2.20. The van der Waals surface area contributed by atoms with Gasteiger partial charge in [-0.25, -0.2) is 0 Å². The summed E-state index contributed by atoms with van der Waals surface area (Å²) in [4.78, 5) is 2.11. The minimum atomic E-state index is 0.158. The molecule has 0 bridgehead atoms. The van der Waals surface area contributed by atoms with Crippen molar-refractivity contribution in [3.05, 3.63) is 23.8 Å². The van der Waals surface area contributed by atoms with Crippen molar-refractivity contribution >= 4 is 5.69 Å². The van der Waals surface area contributed by atoms with Gasteiger partial charge in [-0.3, -0.25) is 0 Å². The maximum Gasteiger partial charge on any atom is 0.122 e. The summed E-state index contributed by atoms with van der Waals surface area (Å²) in [6.07, 6.45) is 1.08. The Bertz CT molecular complexity index is 409. The molecule has 0 aliphatic rings. The molecule has 2 unspecified atom stereocenters. The van der Waals surface area contributed by atoms with Crippen LogP contribution in [0.5, 0.6) is 5.75 Å². The molecule has 0 aliphatic heterocycles. The van der Waals surface area contributed by atoms with Crippen molar-refractivity contribution in [1.29, 1.82) is 0 Å². The summed E-state index contributed by atoms with van der Waals surface area (Å²) in [6.45, 7) is 7.91. The fraction of sp³-hybridized carbons (Fsp3) is 0.625. The molecule has 4 heteroatoms. The van der Waals surface area contributed by atoms with Gasteiger partial charge in [0.2, 0.25) is 0 Å². The molecule has 4 nitrogen and oxygen atoms in total. The summed E-state index contributed by atoms with van der Waals surface area (Å²) in [5, 5.41) is 13.6. The van der Waals surface area contributed by atoms with E-state index in [2.05, 4.69) is 31.0 Å². The first-order chi connectivity index (χ1) is 9.51. The van der Waals surface area contributed by atoms with E-state index in [4.69, 9.17) is 4.74 Å². The Hall–Kier alpha value is -1.26. The van der Waals surface area contributed by atoms with Gasteiger partial charge in [0.05, 0.1) is 6.61 Å². The molecule has 0 fully saturated rings. The van der Waals surface area contributed by atoms with Crippen molar-refractivity contribution in [3.63, 3.8) is 0 Å². The second-order valence-electron chi connectivity index (χ2n) is 5.33. The number of aromatic hydroxyl groups is 1. The van der Waals surface area contributed by atoms with E-state index in [0.29, 0.717) is 12.4 Å². The van der Waals surface area contributed by atoms with E-state index in [9.17, 15) is 5.11 Å². The van der Waals surface area contributed by atoms with Crippen LogP contribution in [0.15, 0.2) is 18.2 Å². The lowest BCUT2D eigenvalue weighted by atomic mass is 10.1.